The van der Waals surface area contributed by atoms with Crippen LogP contribution in [0, 0.1) is 5.41 Å². The number of carbonyl (C=O) groups is 2. The summed E-state index contributed by atoms with van der Waals surface area (Å²) in [5, 5.41) is 4.29. The van der Waals surface area contributed by atoms with Gasteiger partial charge in [-0.3, -0.25) is 9.59 Å². The van der Waals surface area contributed by atoms with Crippen LogP contribution in [0.2, 0.25) is 0 Å². The number of para-hydroxylation sites is 2. The predicted molar refractivity (Wildman–Crippen MR) is 142 cm³/mol. The average molecular weight is 488 g/mol. The van der Waals surface area contributed by atoms with Crippen LogP contribution >= 0.6 is 0 Å². The number of carbonyl (C=O) groups excluding carboxylic acids is 2. The minimum atomic E-state index is -0.392. The Kier molecular flexibility index (Phi) is 7.30. The van der Waals surface area contributed by atoms with Crippen LogP contribution in [0.1, 0.15) is 49.7 Å². The summed E-state index contributed by atoms with van der Waals surface area (Å²) in [7, 11) is 2.02. The number of benzene rings is 2. The van der Waals surface area contributed by atoms with E-state index in [4.69, 9.17) is 4.74 Å². The van der Waals surface area contributed by atoms with Crippen LogP contribution in [0.5, 0.6) is 5.75 Å². The number of rotatable bonds is 2. The van der Waals surface area contributed by atoms with Gasteiger partial charge >= 0.3 is 0 Å². The Balaban J connectivity index is 1.22. The fourth-order valence-electron chi connectivity index (χ4n) is 5.94. The fourth-order valence-corrected chi connectivity index (χ4v) is 5.94. The number of fused-ring (bicyclic) bond motifs is 2. The third-order valence-corrected chi connectivity index (χ3v) is 8.10. The second-order valence-electron chi connectivity index (χ2n) is 10.4. The molecule has 0 unspecified atom stereocenters. The molecular weight excluding hydrogens is 450 g/mol. The van der Waals surface area contributed by atoms with Crippen molar-refractivity contribution in [3.8, 4) is 5.75 Å². The van der Waals surface area contributed by atoms with E-state index in [0.717, 1.165) is 67.2 Å². The minimum absolute atomic E-state index is 0.125. The molecule has 1 saturated heterocycles. The highest BCUT2D eigenvalue weighted by molar-refractivity contribution is 5.89. The lowest BCUT2D eigenvalue weighted by Crippen LogP contribution is -2.51. The lowest BCUT2D eigenvalue weighted by atomic mass is 9.73. The Morgan fingerprint density at radius 3 is 2.64 bits per heavy atom. The van der Waals surface area contributed by atoms with Crippen molar-refractivity contribution in [3.05, 3.63) is 65.9 Å². The van der Waals surface area contributed by atoms with Crippen molar-refractivity contribution in [2.24, 2.45) is 12.5 Å². The quantitative estimate of drug-likeness (QED) is 0.573. The van der Waals surface area contributed by atoms with Crippen LogP contribution in [-0.4, -0.2) is 47.5 Å². The van der Waals surface area contributed by atoms with Gasteiger partial charge in [-0.25, -0.2) is 0 Å². The number of amides is 2. The number of aromatic nitrogens is 1. The second-order valence-corrected chi connectivity index (χ2v) is 10.4. The lowest BCUT2D eigenvalue weighted by Gasteiger charge is -2.41. The van der Waals surface area contributed by atoms with Gasteiger partial charge in [0.15, 0.2) is 0 Å². The van der Waals surface area contributed by atoms with Crippen molar-refractivity contribution < 1.29 is 14.3 Å². The molecular formula is C30H37N3O3. The van der Waals surface area contributed by atoms with E-state index >= 15 is 0 Å². The highest BCUT2D eigenvalue weighted by Crippen LogP contribution is 2.38. The standard InChI is InChI=1S/C30H37N3O3/c1-32-22-24(25-11-5-6-12-26(25)32)21-28(34)33-18-15-30(16-19-33)14-8-2-3-9-23-10-4-7-13-27(23)36-20-17-31-29(30)35/h4-7,10-13,22H,2-3,8-9,14-21H2,1H3,(H,31,35). The SMILES string of the molecule is Cn1cc(CC(=O)N2CCC3(CCCCCc4ccccc4OCCNC3=O)CC2)c2ccccc21. The first-order valence-corrected chi connectivity index (χ1v) is 13.4. The molecule has 0 atom stereocenters. The van der Waals surface area contributed by atoms with E-state index in [1.807, 2.05) is 36.2 Å². The van der Waals surface area contributed by atoms with Crippen LogP contribution in [0.4, 0.5) is 0 Å². The molecule has 6 heteroatoms. The third kappa shape index (κ3) is 5.13. The lowest BCUT2D eigenvalue weighted by molar-refractivity contribution is -0.140. The van der Waals surface area contributed by atoms with Gasteiger partial charge in [0.2, 0.25) is 11.8 Å². The number of hydrogen-bond donors (Lipinski definition) is 1. The van der Waals surface area contributed by atoms with E-state index in [1.54, 1.807) is 0 Å². The van der Waals surface area contributed by atoms with Gasteiger partial charge < -0.3 is 19.5 Å². The number of nitrogens with one attached hydrogen (secondary N) is 1. The number of likely N-dealkylation sites (tertiary alicyclic amines) is 1. The van der Waals surface area contributed by atoms with Crippen molar-refractivity contribution in [1.82, 2.24) is 14.8 Å². The molecule has 0 saturated carbocycles. The molecule has 3 heterocycles. The predicted octanol–water partition coefficient (Wildman–Crippen LogP) is 4.64. The van der Waals surface area contributed by atoms with Crippen molar-refractivity contribution in [1.29, 1.82) is 0 Å². The van der Waals surface area contributed by atoms with Gasteiger partial charge in [-0.15, -0.1) is 0 Å². The number of hydrogen-bond acceptors (Lipinski definition) is 3. The number of ether oxygens (including phenoxy) is 1. The van der Waals surface area contributed by atoms with Crippen molar-refractivity contribution in [2.75, 3.05) is 26.2 Å². The average Bonchev–Trinajstić information content (AvgIpc) is 3.22. The van der Waals surface area contributed by atoms with Crippen LogP contribution < -0.4 is 10.1 Å². The zero-order valence-electron chi connectivity index (χ0n) is 21.3. The molecule has 3 aromatic rings. The van der Waals surface area contributed by atoms with Crippen molar-refractivity contribution in [2.45, 2.75) is 51.4 Å². The van der Waals surface area contributed by atoms with Gasteiger partial charge in [-0.1, -0.05) is 49.2 Å². The Morgan fingerprint density at radius 2 is 1.78 bits per heavy atom. The minimum Gasteiger partial charge on any atom is -0.491 e. The number of piperidine rings is 1. The molecule has 5 rings (SSSR count). The van der Waals surface area contributed by atoms with Crippen molar-refractivity contribution >= 4 is 22.7 Å². The molecule has 1 spiro atoms. The maximum Gasteiger partial charge on any atom is 0.227 e. The number of nitrogens with zero attached hydrogens (tertiary/aromatic N) is 2. The molecule has 2 amide bonds. The molecule has 190 valence electrons. The first-order chi connectivity index (χ1) is 17.6. The maximum absolute atomic E-state index is 13.4. The van der Waals surface area contributed by atoms with Crippen LogP contribution in [-0.2, 0) is 29.5 Å². The van der Waals surface area contributed by atoms with Gasteiger partial charge in [0.25, 0.3) is 0 Å². The van der Waals surface area contributed by atoms with Crippen LogP contribution in [0.15, 0.2) is 54.7 Å². The Morgan fingerprint density at radius 1 is 1.00 bits per heavy atom. The summed E-state index contributed by atoms with van der Waals surface area (Å²) in [4.78, 5) is 28.6. The summed E-state index contributed by atoms with van der Waals surface area (Å²) in [5.74, 6) is 1.20. The molecule has 0 aliphatic carbocycles. The summed E-state index contributed by atoms with van der Waals surface area (Å²) in [5.41, 5.74) is 3.07. The zero-order chi connectivity index (χ0) is 25.0. The third-order valence-electron chi connectivity index (χ3n) is 8.10. The van der Waals surface area contributed by atoms with Gasteiger partial charge in [0.05, 0.1) is 18.4 Å². The van der Waals surface area contributed by atoms with E-state index in [0.29, 0.717) is 32.7 Å². The summed E-state index contributed by atoms with van der Waals surface area (Å²) in [6.07, 6.45) is 9.01. The van der Waals surface area contributed by atoms with E-state index < -0.39 is 5.41 Å². The largest absolute Gasteiger partial charge is 0.491 e. The molecule has 36 heavy (non-hydrogen) atoms. The zero-order valence-corrected chi connectivity index (χ0v) is 21.3. The van der Waals surface area contributed by atoms with Gasteiger partial charge in [0, 0.05) is 37.2 Å². The summed E-state index contributed by atoms with van der Waals surface area (Å²) < 4.78 is 8.08. The van der Waals surface area contributed by atoms with Gasteiger partial charge in [-0.05, 0) is 55.4 Å². The fraction of sp³-hybridized carbons (Fsp3) is 0.467. The second kappa shape index (κ2) is 10.8. The molecule has 1 fully saturated rings. The highest BCUT2D eigenvalue weighted by Gasteiger charge is 2.41. The first kappa shape index (κ1) is 24.4. The smallest absolute Gasteiger partial charge is 0.227 e. The molecule has 2 aliphatic heterocycles. The summed E-state index contributed by atoms with van der Waals surface area (Å²) in [6, 6.07) is 16.4. The Bertz CT molecular complexity index is 1220. The van der Waals surface area contributed by atoms with E-state index in [9.17, 15) is 9.59 Å². The molecule has 0 bridgehead atoms. The molecule has 2 aliphatic rings. The molecule has 6 nitrogen and oxygen atoms in total. The normalized spacial score (nSPS) is 18.9. The van der Waals surface area contributed by atoms with E-state index in [1.165, 1.54) is 5.56 Å². The highest BCUT2D eigenvalue weighted by atomic mass is 16.5. The maximum atomic E-state index is 13.4. The van der Waals surface area contributed by atoms with Gasteiger partial charge in [0.1, 0.15) is 12.4 Å². The van der Waals surface area contributed by atoms with Crippen molar-refractivity contribution in [3.63, 3.8) is 0 Å². The number of aryl methyl sites for hydroxylation is 2. The first-order valence-electron chi connectivity index (χ1n) is 13.4. The summed E-state index contributed by atoms with van der Waals surface area (Å²) >= 11 is 0. The molecule has 2 aromatic carbocycles. The topological polar surface area (TPSA) is 63.6 Å². The van der Waals surface area contributed by atoms with Gasteiger partial charge in [-0.2, -0.15) is 0 Å². The van der Waals surface area contributed by atoms with E-state index in [2.05, 4.69) is 40.3 Å². The molecule has 1 aromatic heterocycles. The molecule has 0 radical (unpaired) electrons. The van der Waals surface area contributed by atoms with Crippen LogP contribution in [0.3, 0.4) is 0 Å². The molecule has 1 N–H and O–H groups in total. The Hall–Kier alpha value is -3.28. The summed E-state index contributed by atoms with van der Waals surface area (Å²) in [6.45, 7) is 2.24. The van der Waals surface area contributed by atoms with Crippen LogP contribution in [0.25, 0.3) is 10.9 Å². The Labute approximate surface area is 213 Å². The monoisotopic (exact) mass is 487 g/mol. The van der Waals surface area contributed by atoms with E-state index in [-0.39, 0.29) is 11.8 Å².